The van der Waals surface area contributed by atoms with E-state index in [4.69, 9.17) is 9.88 Å². The van der Waals surface area contributed by atoms with E-state index in [9.17, 15) is 13.2 Å². The van der Waals surface area contributed by atoms with E-state index in [0.717, 1.165) is 18.7 Å². The van der Waals surface area contributed by atoms with Crippen molar-refractivity contribution in [3.05, 3.63) is 47.7 Å². The first-order chi connectivity index (χ1) is 12.4. The lowest BCUT2D eigenvalue weighted by Crippen LogP contribution is -2.37. The number of rotatable bonds is 5. The Morgan fingerprint density at radius 3 is 2.38 bits per heavy atom. The Labute approximate surface area is 151 Å². The number of amides is 1. The molecule has 2 aromatic rings. The first-order valence-corrected chi connectivity index (χ1v) is 9.54. The lowest BCUT2D eigenvalue weighted by Gasteiger charge is -2.27. The normalized spacial score (nSPS) is 14.9. The van der Waals surface area contributed by atoms with Crippen LogP contribution in [0.5, 0.6) is 0 Å². The molecule has 1 amide bonds. The molecule has 0 radical (unpaired) electrons. The van der Waals surface area contributed by atoms with Crippen LogP contribution in [0.25, 0.3) is 0 Å². The Kier molecular flexibility index (Phi) is 5.45. The minimum absolute atomic E-state index is 0.0251. The molecule has 0 bridgehead atoms. The van der Waals surface area contributed by atoms with Crippen molar-refractivity contribution in [3.8, 4) is 0 Å². The molecule has 26 heavy (non-hydrogen) atoms. The SMILES string of the molecule is NS(=O)(=O)c1ccc(CNC(=O)c2ccc(N3CCOCC3)nn2)cc1. The largest absolute Gasteiger partial charge is 0.378 e. The van der Waals surface area contributed by atoms with Crippen molar-refractivity contribution in [1.82, 2.24) is 15.5 Å². The summed E-state index contributed by atoms with van der Waals surface area (Å²) in [5, 5.41) is 15.8. The highest BCUT2D eigenvalue weighted by atomic mass is 32.2. The maximum absolute atomic E-state index is 12.2. The molecule has 3 N–H and O–H groups in total. The smallest absolute Gasteiger partial charge is 0.272 e. The number of anilines is 1. The van der Waals surface area contributed by atoms with Crippen LogP contribution in [0.15, 0.2) is 41.3 Å². The van der Waals surface area contributed by atoms with Crippen LogP contribution in [0, 0.1) is 0 Å². The molecule has 0 aliphatic carbocycles. The molecule has 10 heteroatoms. The number of benzene rings is 1. The van der Waals surface area contributed by atoms with Gasteiger partial charge in [-0.3, -0.25) is 4.79 Å². The number of ether oxygens (including phenoxy) is 1. The van der Waals surface area contributed by atoms with E-state index in [0.29, 0.717) is 19.0 Å². The molecule has 1 fully saturated rings. The zero-order valence-electron chi connectivity index (χ0n) is 14.0. The molecule has 1 aromatic heterocycles. The summed E-state index contributed by atoms with van der Waals surface area (Å²) in [6, 6.07) is 9.35. The van der Waals surface area contributed by atoms with Gasteiger partial charge in [0.05, 0.1) is 18.1 Å². The fourth-order valence-electron chi connectivity index (χ4n) is 2.48. The van der Waals surface area contributed by atoms with Crippen molar-refractivity contribution < 1.29 is 17.9 Å². The molecule has 1 saturated heterocycles. The first-order valence-electron chi connectivity index (χ1n) is 8.00. The zero-order chi connectivity index (χ0) is 18.6. The third-order valence-electron chi connectivity index (χ3n) is 3.92. The van der Waals surface area contributed by atoms with Gasteiger partial charge in [0.25, 0.3) is 5.91 Å². The van der Waals surface area contributed by atoms with Crippen LogP contribution in [-0.2, 0) is 21.3 Å². The van der Waals surface area contributed by atoms with E-state index in [2.05, 4.69) is 15.5 Å². The number of morpholine rings is 1. The Balaban J connectivity index is 1.57. The number of aromatic nitrogens is 2. The molecule has 1 aromatic carbocycles. The van der Waals surface area contributed by atoms with Crippen LogP contribution in [0.2, 0.25) is 0 Å². The van der Waals surface area contributed by atoms with Gasteiger partial charge in [-0.2, -0.15) is 0 Å². The minimum Gasteiger partial charge on any atom is -0.378 e. The standard InChI is InChI=1S/C16H19N5O4S/c17-26(23,24)13-3-1-12(2-4-13)11-18-16(22)14-5-6-15(20-19-14)21-7-9-25-10-8-21/h1-6H,7-11H2,(H,18,22)(H2,17,23,24). The monoisotopic (exact) mass is 377 g/mol. The highest BCUT2D eigenvalue weighted by Gasteiger charge is 2.14. The van der Waals surface area contributed by atoms with Crippen LogP contribution in [0.4, 0.5) is 5.82 Å². The van der Waals surface area contributed by atoms with Gasteiger partial charge in [0.2, 0.25) is 10.0 Å². The van der Waals surface area contributed by atoms with Crippen molar-refractivity contribution in [2.75, 3.05) is 31.2 Å². The Morgan fingerprint density at radius 1 is 1.12 bits per heavy atom. The van der Waals surface area contributed by atoms with Crippen LogP contribution in [0.1, 0.15) is 16.1 Å². The number of nitrogens with zero attached hydrogens (tertiary/aromatic N) is 3. The number of primary sulfonamides is 1. The zero-order valence-corrected chi connectivity index (χ0v) is 14.8. The molecule has 1 aliphatic rings. The van der Waals surface area contributed by atoms with Crippen LogP contribution < -0.4 is 15.4 Å². The van der Waals surface area contributed by atoms with E-state index in [1.807, 2.05) is 4.90 Å². The summed E-state index contributed by atoms with van der Waals surface area (Å²) in [5.41, 5.74) is 0.951. The maximum Gasteiger partial charge on any atom is 0.272 e. The predicted octanol–water partition coefficient (Wildman–Crippen LogP) is -0.109. The summed E-state index contributed by atoms with van der Waals surface area (Å²) in [5.74, 6) is 0.352. The maximum atomic E-state index is 12.2. The van der Waals surface area contributed by atoms with Gasteiger partial charge < -0.3 is 15.0 Å². The van der Waals surface area contributed by atoms with Gasteiger partial charge in [-0.1, -0.05) is 12.1 Å². The lowest BCUT2D eigenvalue weighted by molar-refractivity contribution is 0.0944. The van der Waals surface area contributed by atoms with Crippen molar-refractivity contribution in [2.24, 2.45) is 5.14 Å². The second kappa shape index (κ2) is 7.77. The minimum atomic E-state index is -3.72. The van der Waals surface area contributed by atoms with Crippen LogP contribution in [0.3, 0.4) is 0 Å². The van der Waals surface area contributed by atoms with Crippen molar-refractivity contribution in [2.45, 2.75) is 11.4 Å². The molecule has 0 atom stereocenters. The first kappa shape index (κ1) is 18.2. The van der Waals surface area contributed by atoms with E-state index in [1.54, 1.807) is 24.3 Å². The quantitative estimate of drug-likeness (QED) is 0.744. The van der Waals surface area contributed by atoms with Gasteiger partial charge in [0, 0.05) is 19.6 Å². The van der Waals surface area contributed by atoms with Gasteiger partial charge in [-0.05, 0) is 29.8 Å². The summed E-state index contributed by atoms with van der Waals surface area (Å²) in [7, 11) is -3.72. The van der Waals surface area contributed by atoms with E-state index in [-0.39, 0.29) is 23.0 Å². The fraction of sp³-hybridized carbons (Fsp3) is 0.312. The molecule has 0 unspecified atom stereocenters. The van der Waals surface area contributed by atoms with Gasteiger partial charge in [0.15, 0.2) is 11.5 Å². The van der Waals surface area contributed by atoms with Gasteiger partial charge >= 0.3 is 0 Å². The van der Waals surface area contributed by atoms with Gasteiger partial charge in [-0.25, -0.2) is 13.6 Å². The molecular formula is C16H19N5O4S. The number of nitrogens with two attached hydrogens (primary N) is 1. The van der Waals surface area contributed by atoms with Gasteiger partial charge in [-0.15, -0.1) is 10.2 Å². The molecule has 0 spiro atoms. The van der Waals surface area contributed by atoms with Crippen LogP contribution >= 0.6 is 0 Å². The third kappa shape index (κ3) is 4.54. The van der Waals surface area contributed by atoms with Crippen molar-refractivity contribution >= 4 is 21.7 Å². The lowest BCUT2D eigenvalue weighted by atomic mass is 10.2. The molecule has 9 nitrogen and oxygen atoms in total. The molecule has 2 heterocycles. The molecule has 138 valence electrons. The topological polar surface area (TPSA) is 128 Å². The number of carbonyl (C=O) groups excluding carboxylic acids is 1. The summed E-state index contributed by atoms with van der Waals surface area (Å²) in [6.07, 6.45) is 0. The summed E-state index contributed by atoms with van der Waals surface area (Å²) in [6.45, 7) is 3.02. The molecular weight excluding hydrogens is 358 g/mol. The molecule has 0 saturated carbocycles. The van der Waals surface area contributed by atoms with Crippen molar-refractivity contribution in [3.63, 3.8) is 0 Å². The summed E-state index contributed by atoms with van der Waals surface area (Å²) in [4.78, 5) is 14.2. The Morgan fingerprint density at radius 2 is 1.81 bits per heavy atom. The van der Waals surface area contributed by atoms with Gasteiger partial charge in [0.1, 0.15) is 0 Å². The second-order valence-electron chi connectivity index (χ2n) is 5.75. The fourth-order valence-corrected chi connectivity index (χ4v) is 2.99. The average molecular weight is 377 g/mol. The summed E-state index contributed by atoms with van der Waals surface area (Å²) < 4.78 is 27.7. The molecule has 1 aliphatic heterocycles. The Bertz CT molecular complexity index is 863. The van der Waals surface area contributed by atoms with E-state index in [1.165, 1.54) is 12.1 Å². The average Bonchev–Trinajstić information content (AvgIpc) is 2.66. The predicted molar refractivity (Wildman–Crippen MR) is 94.0 cm³/mol. The number of sulfonamides is 1. The van der Waals surface area contributed by atoms with Crippen molar-refractivity contribution in [1.29, 1.82) is 0 Å². The molecule has 3 rings (SSSR count). The van der Waals surface area contributed by atoms with E-state index >= 15 is 0 Å². The second-order valence-corrected chi connectivity index (χ2v) is 7.31. The van der Waals surface area contributed by atoms with E-state index < -0.39 is 10.0 Å². The highest BCUT2D eigenvalue weighted by Crippen LogP contribution is 2.12. The summed E-state index contributed by atoms with van der Waals surface area (Å²) >= 11 is 0. The number of carbonyl (C=O) groups is 1. The number of hydrogen-bond acceptors (Lipinski definition) is 7. The van der Waals surface area contributed by atoms with Crippen LogP contribution in [-0.4, -0.2) is 50.8 Å². The number of nitrogens with one attached hydrogen (secondary N) is 1. The Hall–Kier alpha value is -2.56. The number of hydrogen-bond donors (Lipinski definition) is 2. The third-order valence-corrected chi connectivity index (χ3v) is 4.85. The highest BCUT2D eigenvalue weighted by molar-refractivity contribution is 7.89.